The molecule has 0 fully saturated rings. The van der Waals surface area contributed by atoms with Crippen molar-refractivity contribution in [2.45, 2.75) is 19.6 Å². The van der Waals surface area contributed by atoms with Crippen LogP contribution in [0.25, 0.3) is 0 Å². The molecule has 0 radical (unpaired) electrons. The van der Waals surface area contributed by atoms with Crippen LogP contribution in [0, 0.1) is 0 Å². The Morgan fingerprint density at radius 2 is 2.28 bits per heavy atom. The van der Waals surface area contributed by atoms with E-state index in [2.05, 4.69) is 10.3 Å². The van der Waals surface area contributed by atoms with E-state index in [9.17, 15) is 9.59 Å². The number of urea groups is 1. The van der Waals surface area contributed by atoms with Gasteiger partial charge in [-0.05, 0) is 6.92 Å². The number of amides is 2. The molecule has 0 spiro atoms. The number of nitrogens with one attached hydrogen (secondary N) is 1. The van der Waals surface area contributed by atoms with E-state index in [0.29, 0.717) is 5.01 Å². The Labute approximate surface area is 108 Å². The molecule has 1 unspecified atom stereocenters. The smallest absolute Gasteiger partial charge is 0.355 e. The first-order chi connectivity index (χ1) is 8.40. The van der Waals surface area contributed by atoms with E-state index in [-0.39, 0.29) is 24.8 Å². The number of carboxylic acid groups (broad SMARTS) is 1. The first kappa shape index (κ1) is 14.4. The van der Waals surface area contributed by atoms with Crippen LogP contribution in [0.2, 0.25) is 0 Å². The lowest BCUT2D eigenvalue weighted by Crippen LogP contribution is -2.40. The summed E-state index contributed by atoms with van der Waals surface area (Å²) in [6.07, 6.45) is -0.598. The van der Waals surface area contributed by atoms with Crippen molar-refractivity contribution in [1.82, 2.24) is 15.2 Å². The SMILES string of the molecule is CC(O)CN(C)C(=O)NCc1nc(C(=O)O)cs1. The van der Waals surface area contributed by atoms with Crippen LogP contribution in [0.5, 0.6) is 0 Å². The Morgan fingerprint density at radius 1 is 1.61 bits per heavy atom. The molecule has 1 rings (SSSR count). The van der Waals surface area contributed by atoms with Crippen molar-refractivity contribution in [1.29, 1.82) is 0 Å². The number of thiazole rings is 1. The summed E-state index contributed by atoms with van der Waals surface area (Å²) in [5, 5.41) is 22.3. The van der Waals surface area contributed by atoms with Crippen molar-refractivity contribution >= 4 is 23.3 Å². The molecule has 8 heteroatoms. The summed E-state index contributed by atoms with van der Waals surface area (Å²) in [6, 6.07) is -0.344. The molecule has 100 valence electrons. The predicted octanol–water partition coefficient (Wildman–Crippen LogP) is 0.364. The van der Waals surface area contributed by atoms with Gasteiger partial charge in [0.1, 0.15) is 5.01 Å². The number of carboxylic acids is 1. The summed E-state index contributed by atoms with van der Waals surface area (Å²) in [6.45, 7) is 1.98. The van der Waals surface area contributed by atoms with Gasteiger partial charge >= 0.3 is 12.0 Å². The number of carbonyl (C=O) groups excluding carboxylic acids is 1. The summed E-state index contributed by atoms with van der Waals surface area (Å²) >= 11 is 1.17. The Kier molecular flexibility index (Phi) is 5.05. The molecule has 3 N–H and O–H groups in total. The van der Waals surface area contributed by atoms with Crippen LogP contribution < -0.4 is 5.32 Å². The second-order valence-electron chi connectivity index (χ2n) is 3.82. The number of hydrogen-bond donors (Lipinski definition) is 3. The molecule has 18 heavy (non-hydrogen) atoms. The lowest BCUT2D eigenvalue weighted by Gasteiger charge is -2.18. The van der Waals surface area contributed by atoms with Gasteiger partial charge in [-0.15, -0.1) is 11.3 Å². The summed E-state index contributed by atoms with van der Waals surface area (Å²) in [5.41, 5.74) is -0.0263. The summed E-state index contributed by atoms with van der Waals surface area (Å²) in [7, 11) is 1.56. The van der Waals surface area contributed by atoms with Gasteiger partial charge in [-0.2, -0.15) is 0 Å². The number of aromatic nitrogens is 1. The normalized spacial score (nSPS) is 11.9. The van der Waals surface area contributed by atoms with Crippen molar-refractivity contribution in [3.8, 4) is 0 Å². The van der Waals surface area contributed by atoms with Crippen molar-refractivity contribution in [2.75, 3.05) is 13.6 Å². The van der Waals surface area contributed by atoms with Gasteiger partial charge in [-0.1, -0.05) is 0 Å². The zero-order valence-corrected chi connectivity index (χ0v) is 10.9. The first-order valence-electron chi connectivity index (χ1n) is 5.25. The molecule has 0 saturated heterocycles. The van der Waals surface area contributed by atoms with Gasteiger partial charge in [0.05, 0.1) is 12.6 Å². The van der Waals surface area contributed by atoms with Gasteiger partial charge in [-0.3, -0.25) is 0 Å². The minimum atomic E-state index is -1.09. The quantitative estimate of drug-likeness (QED) is 0.719. The average molecular weight is 273 g/mol. The van der Waals surface area contributed by atoms with Crippen LogP contribution >= 0.6 is 11.3 Å². The van der Waals surface area contributed by atoms with E-state index in [1.165, 1.54) is 21.6 Å². The second-order valence-corrected chi connectivity index (χ2v) is 4.76. The minimum Gasteiger partial charge on any atom is -0.476 e. The maximum absolute atomic E-state index is 11.6. The van der Waals surface area contributed by atoms with E-state index < -0.39 is 12.1 Å². The van der Waals surface area contributed by atoms with E-state index in [1.807, 2.05) is 0 Å². The maximum atomic E-state index is 11.6. The maximum Gasteiger partial charge on any atom is 0.355 e. The lowest BCUT2D eigenvalue weighted by atomic mass is 10.4. The van der Waals surface area contributed by atoms with Crippen LogP contribution in [0.1, 0.15) is 22.4 Å². The third-order valence-corrected chi connectivity index (χ3v) is 2.90. The Morgan fingerprint density at radius 3 is 2.78 bits per heavy atom. The Hall–Kier alpha value is -1.67. The topological polar surface area (TPSA) is 103 Å². The van der Waals surface area contributed by atoms with Crippen molar-refractivity contribution < 1.29 is 19.8 Å². The van der Waals surface area contributed by atoms with Gasteiger partial charge < -0.3 is 20.4 Å². The fourth-order valence-electron chi connectivity index (χ4n) is 1.26. The Balaban J connectivity index is 2.44. The molecule has 0 aliphatic rings. The van der Waals surface area contributed by atoms with Crippen molar-refractivity contribution in [2.24, 2.45) is 0 Å². The van der Waals surface area contributed by atoms with E-state index >= 15 is 0 Å². The van der Waals surface area contributed by atoms with Crippen LogP contribution in [0.4, 0.5) is 4.79 Å². The summed E-state index contributed by atoms with van der Waals surface area (Å²) in [5.74, 6) is -1.09. The number of nitrogens with zero attached hydrogens (tertiary/aromatic N) is 2. The molecular weight excluding hydrogens is 258 g/mol. The standard InChI is InChI=1S/C10H15N3O4S/c1-6(14)4-13(2)10(17)11-3-8-12-7(5-18-8)9(15)16/h5-6,14H,3-4H2,1-2H3,(H,11,17)(H,15,16). The number of likely N-dealkylation sites (N-methyl/N-ethyl adjacent to an activating group) is 1. The molecule has 1 heterocycles. The summed E-state index contributed by atoms with van der Waals surface area (Å²) in [4.78, 5) is 27.3. The predicted molar refractivity (Wildman–Crippen MR) is 65.6 cm³/mol. The van der Waals surface area contributed by atoms with E-state index in [4.69, 9.17) is 10.2 Å². The fraction of sp³-hybridized carbons (Fsp3) is 0.500. The number of rotatable bonds is 5. The van der Waals surface area contributed by atoms with Crippen LogP contribution in [0.15, 0.2) is 5.38 Å². The zero-order valence-electron chi connectivity index (χ0n) is 10.1. The molecule has 0 saturated carbocycles. The molecule has 1 aromatic rings. The highest BCUT2D eigenvalue weighted by molar-refractivity contribution is 7.09. The number of aliphatic hydroxyl groups is 1. The molecule has 0 aliphatic carbocycles. The third kappa shape index (κ3) is 4.30. The fourth-order valence-corrected chi connectivity index (χ4v) is 1.96. The van der Waals surface area contributed by atoms with Gasteiger partial charge in [0.2, 0.25) is 0 Å². The molecule has 0 aliphatic heterocycles. The first-order valence-corrected chi connectivity index (χ1v) is 6.13. The molecule has 0 bridgehead atoms. The monoisotopic (exact) mass is 273 g/mol. The third-order valence-electron chi connectivity index (χ3n) is 2.05. The number of carbonyl (C=O) groups is 2. The molecule has 0 aromatic carbocycles. The number of aromatic carboxylic acids is 1. The van der Waals surface area contributed by atoms with Gasteiger partial charge in [-0.25, -0.2) is 14.6 Å². The second kappa shape index (κ2) is 6.31. The molecule has 2 amide bonds. The van der Waals surface area contributed by atoms with E-state index in [0.717, 1.165) is 0 Å². The van der Waals surface area contributed by atoms with Crippen molar-refractivity contribution in [3.05, 3.63) is 16.1 Å². The van der Waals surface area contributed by atoms with E-state index in [1.54, 1.807) is 14.0 Å². The largest absolute Gasteiger partial charge is 0.476 e. The zero-order chi connectivity index (χ0) is 13.7. The lowest BCUT2D eigenvalue weighted by molar-refractivity contribution is 0.0691. The summed E-state index contributed by atoms with van der Waals surface area (Å²) < 4.78 is 0. The highest BCUT2D eigenvalue weighted by Gasteiger charge is 2.12. The number of aliphatic hydroxyl groups excluding tert-OH is 1. The van der Waals surface area contributed by atoms with Crippen LogP contribution in [-0.4, -0.2) is 51.8 Å². The number of hydrogen-bond acceptors (Lipinski definition) is 5. The molecule has 1 atom stereocenters. The van der Waals surface area contributed by atoms with Crippen LogP contribution in [-0.2, 0) is 6.54 Å². The van der Waals surface area contributed by atoms with Gasteiger partial charge in [0.25, 0.3) is 0 Å². The molecule has 1 aromatic heterocycles. The van der Waals surface area contributed by atoms with Gasteiger partial charge in [0, 0.05) is 19.0 Å². The average Bonchev–Trinajstić information content (AvgIpc) is 2.73. The van der Waals surface area contributed by atoms with Gasteiger partial charge in [0.15, 0.2) is 5.69 Å². The minimum absolute atomic E-state index is 0.0263. The molecule has 7 nitrogen and oxygen atoms in total. The van der Waals surface area contributed by atoms with Crippen molar-refractivity contribution in [3.63, 3.8) is 0 Å². The Bertz CT molecular complexity index is 433. The molecular formula is C10H15N3O4S. The highest BCUT2D eigenvalue weighted by Crippen LogP contribution is 2.09. The van der Waals surface area contributed by atoms with Crippen LogP contribution in [0.3, 0.4) is 0 Å². The highest BCUT2D eigenvalue weighted by atomic mass is 32.1.